The molecule has 1 atom stereocenters. The second-order valence-electron chi connectivity index (χ2n) is 5.98. The number of benzene rings is 2. The maximum absolute atomic E-state index is 12.7. The fourth-order valence-corrected chi connectivity index (χ4v) is 2.78. The zero-order chi connectivity index (χ0) is 17.5. The summed E-state index contributed by atoms with van der Waals surface area (Å²) in [7, 11) is 0. The Kier molecular flexibility index (Phi) is 6.42. The van der Waals surface area contributed by atoms with Gasteiger partial charge in [-0.3, -0.25) is 4.79 Å². The molecule has 2 rings (SSSR count). The first-order valence-electron chi connectivity index (χ1n) is 8.73. The van der Waals surface area contributed by atoms with Crippen molar-refractivity contribution in [1.82, 2.24) is 0 Å². The van der Waals surface area contributed by atoms with E-state index in [0.717, 1.165) is 41.0 Å². The van der Waals surface area contributed by atoms with Crippen molar-refractivity contribution < 1.29 is 9.53 Å². The van der Waals surface area contributed by atoms with Gasteiger partial charge in [-0.25, -0.2) is 0 Å². The average molecular weight is 325 g/mol. The van der Waals surface area contributed by atoms with Gasteiger partial charge in [0.2, 0.25) is 0 Å². The summed E-state index contributed by atoms with van der Waals surface area (Å²) in [6.45, 7) is 8.18. The molecule has 24 heavy (non-hydrogen) atoms. The van der Waals surface area contributed by atoms with Gasteiger partial charge in [0.25, 0.3) is 5.91 Å². The highest BCUT2D eigenvalue weighted by Crippen LogP contribution is 2.24. The van der Waals surface area contributed by atoms with E-state index < -0.39 is 6.10 Å². The van der Waals surface area contributed by atoms with Crippen molar-refractivity contribution in [3.05, 3.63) is 59.2 Å². The highest BCUT2D eigenvalue weighted by molar-refractivity contribution is 5.95. The number of hydrogen-bond donors (Lipinski definition) is 1. The molecule has 128 valence electrons. The Balaban J connectivity index is 2.18. The molecule has 0 aliphatic carbocycles. The summed E-state index contributed by atoms with van der Waals surface area (Å²) in [5, 5.41) is 3.10. The number of hydrogen-bond acceptors (Lipinski definition) is 2. The molecule has 0 saturated heterocycles. The van der Waals surface area contributed by atoms with Crippen molar-refractivity contribution >= 4 is 11.6 Å². The normalized spacial score (nSPS) is 11.8. The molecule has 1 amide bonds. The molecule has 1 N–H and O–H groups in total. The highest BCUT2D eigenvalue weighted by Gasteiger charge is 2.20. The van der Waals surface area contributed by atoms with Crippen LogP contribution in [-0.2, 0) is 17.6 Å². The number of ether oxygens (including phenoxy) is 1. The van der Waals surface area contributed by atoms with E-state index in [2.05, 4.69) is 31.3 Å². The second-order valence-corrected chi connectivity index (χ2v) is 5.98. The number of carbonyl (C=O) groups is 1. The van der Waals surface area contributed by atoms with E-state index in [1.54, 1.807) is 0 Å². The molecule has 0 bridgehead atoms. The molecule has 0 heterocycles. The lowest BCUT2D eigenvalue weighted by molar-refractivity contribution is -0.122. The predicted molar refractivity (Wildman–Crippen MR) is 99.7 cm³/mol. The van der Waals surface area contributed by atoms with E-state index in [9.17, 15) is 4.79 Å². The number of para-hydroxylation sites is 1. The molecule has 0 aliphatic heterocycles. The maximum atomic E-state index is 12.7. The van der Waals surface area contributed by atoms with Crippen LogP contribution >= 0.6 is 0 Å². The summed E-state index contributed by atoms with van der Waals surface area (Å²) in [5.41, 5.74) is 4.38. The quantitative estimate of drug-likeness (QED) is 0.785. The fraction of sp³-hybridized carbons (Fsp3) is 0.381. The number of amides is 1. The lowest BCUT2D eigenvalue weighted by atomic mass is 10.0. The molecule has 3 heteroatoms. The van der Waals surface area contributed by atoms with Crippen LogP contribution in [0, 0.1) is 6.92 Å². The molecule has 0 aliphatic rings. The number of carbonyl (C=O) groups excluding carboxylic acids is 1. The fourth-order valence-electron chi connectivity index (χ4n) is 2.78. The minimum atomic E-state index is -0.499. The topological polar surface area (TPSA) is 38.3 Å². The van der Waals surface area contributed by atoms with Crippen LogP contribution in [0.5, 0.6) is 5.75 Å². The van der Waals surface area contributed by atoms with Crippen LogP contribution in [-0.4, -0.2) is 12.0 Å². The predicted octanol–water partition coefficient (Wildman–Crippen LogP) is 4.92. The first kappa shape index (κ1) is 18.1. The number of rotatable bonds is 7. The summed E-state index contributed by atoms with van der Waals surface area (Å²) >= 11 is 0. The smallest absolute Gasteiger partial charge is 0.265 e. The Morgan fingerprint density at radius 1 is 1.04 bits per heavy atom. The molecule has 0 unspecified atom stereocenters. The van der Waals surface area contributed by atoms with E-state index in [4.69, 9.17) is 4.74 Å². The van der Waals surface area contributed by atoms with E-state index in [1.165, 1.54) is 0 Å². The van der Waals surface area contributed by atoms with Gasteiger partial charge in [-0.15, -0.1) is 0 Å². The third-order valence-corrected chi connectivity index (χ3v) is 4.18. The summed E-state index contributed by atoms with van der Waals surface area (Å²) in [6.07, 6.45) is 1.90. The zero-order valence-corrected chi connectivity index (χ0v) is 15.1. The van der Waals surface area contributed by atoms with Gasteiger partial charge < -0.3 is 10.1 Å². The standard InChI is InChI=1S/C21H27NO2/c1-5-16-11-9-12-17(6-2)20(16)22-21(23)19(7-3)24-18-13-8-10-15(4)14-18/h8-14,19H,5-7H2,1-4H3,(H,22,23)/t19-/m0/s1. The maximum Gasteiger partial charge on any atom is 0.265 e. The summed E-state index contributed by atoms with van der Waals surface area (Å²) in [4.78, 5) is 12.7. The molecular formula is C21H27NO2. The molecule has 0 fully saturated rings. The Bertz CT molecular complexity index is 672. The van der Waals surface area contributed by atoms with Crippen LogP contribution < -0.4 is 10.1 Å². The summed E-state index contributed by atoms with van der Waals surface area (Å²) < 4.78 is 5.91. The number of aryl methyl sites for hydroxylation is 3. The van der Waals surface area contributed by atoms with Crippen LogP contribution in [0.3, 0.4) is 0 Å². The van der Waals surface area contributed by atoms with Crippen molar-refractivity contribution in [2.75, 3.05) is 5.32 Å². The molecule has 0 aromatic heterocycles. The van der Waals surface area contributed by atoms with Crippen LogP contribution in [0.2, 0.25) is 0 Å². The Morgan fingerprint density at radius 3 is 2.21 bits per heavy atom. The van der Waals surface area contributed by atoms with Gasteiger partial charge in [0.05, 0.1) is 0 Å². The monoisotopic (exact) mass is 325 g/mol. The van der Waals surface area contributed by atoms with Crippen molar-refractivity contribution in [1.29, 1.82) is 0 Å². The molecular weight excluding hydrogens is 298 g/mol. The van der Waals surface area contributed by atoms with Crippen molar-refractivity contribution in [2.45, 2.75) is 53.1 Å². The average Bonchev–Trinajstić information content (AvgIpc) is 2.59. The minimum absolute atomic E-state index is 0.0883. The number of anilines is 1. The Hall–Kier alpha value is -2.29. The van der Waals surface area contributed by atoms with Gasteiger partial charge in [-0.2, -0.15) is 0 Å². The van der Waals surface area contributed by atoms with Gasteiger partial charge in [0.1, 0.15) is 5.75 Å². The SMILES string of the molecule is CCc1cccc(CC)c1NC(=O)[C@H](CC)Oc1cccc(C)c1. The molecule has 0 saturated carbocycles. The van der Waals surface area contributed by atoms with Crippen LogP contribution in [0.15, 0.2) is 42.5 Å². The summed E-state index contributed by atoms with van der Waals surface area (Å²) in [5.74, 6) is 0.645. The highest BCUT2D eigenvalue weighted by atomic mass is 16.5. The van der Waals surface area contributed by atoms with E-state index in [0.29, 0.717) is 6.42 Å². The molecule has 2 aromatic rings. The summed E-state index contributed by atoms with van der Waals surface area (Å²) in [6, 6.07) is 14.0. The lowest BCUT2D eigenvalue weighted by Crippen LogP contribution is -2.33. The zero-order valence-electron chi connectivity index (χ0n) is 15.1. The van der Waals surface area contributed by atoms with Gasteiger partial charge >= 0.3 is 0 Å². The second kappa shape index (κ2) is 8.53. The van der Waals surface area contributed by atoms with Crippen molar-refractivity contribution in [3.63, 3.8) is 0 Å². The molecule has 0 radical (unpaired) electrons. The lowest BCUT2D eigenvalue weighted by Gasteiger charge is -2.20. The van der Waals surface area contributed by atoms with E-state index in [-0.39, 0.29) is 5.91 Å². The van der Waals surface area contributed by atoms with Gasteiger partial charge in [0, 0.05) is 5.69 Å². The third kappa shape index (κ3) is 4.38. The molecule has 2 aromatic carbocycles. The first-order valence-corrected chi connectivity index (χ1v) is 8.73. The third-order valence-electron chi connectivity index (χ3n) is 4.18. The number of nitrogens with one attached hydrogen (secondary N) is 1. The van der Waals surface area contributed by atoms with E-state index in [1.807, 2.05) is 44.2 Å². The van der Waals surface area contributed by atoms with Crippen LogP contribution in [0.25, 0.3) is 0 Å². The van der Waals surface area contributed by atoms with Crippen molar-refractivity contribution in [2.24, 2.45) is 0 Å². The van der Waals surface area contributed by atoms with Crippen molar-refractivity contribution in [3.8, 4) is 5.75 Å². The van der Waals surface area contributed by atoms with Gasteiger partial charge in [0.15, 0.2) is 6.10 Å². The Labute approximate surface area is 145 Å². The van der Waals surface area contributed by atoms with Gasteiger partial charge in [-0.05, 0) is 55.0 Å². The Morgan fingerprint density at radius 2 is 1.67 bits per heavy atom. The molecule has 0 spiro atoms. The molecule has 3 nitrogen and oxygen atoms in total. The van der Waals surface area contributed by atoms with Crippen LogP contribution in [0.1, 0.15) is 43.9 Å². The first-order chi connectivity index (χ1) is 11.6. The van der Waals surface area contributed by atoms with Gasteiger partial charge in [-0.1, -0.05) is 51.1 Å². The van der Waals surface area contributed by atoms with Crippen LogP contribution in [0.4, 0.5) is 5.69 Å². The van der Waals surface area contributed by atoms with E-state index >= 15 is 0 Å². The largest absolute Gasteiger partial charge is 0.481 e. The minimum Gasteiger partial charge on any atom is -0.481 e.